The summed E-state index contributed by atoms with van der Waals surface area (Å²) in [5, 5.41) is 0. The lowest BCUT2D eigenvalue weighted by atomic mass is 9.87. The van der Waals surface area contributed by atoms with Crippen LogP contribution in [0.4, 0.5) is 11.4 Å². The maximum absolute atomic E-state index is 6.07. The Bertz CT molecular complexity index is 879. The predicted octanol–water partition coefficient (Wildman–Crippen LogP) is 5.62. The summed E-state index contributed by atoms with van der Waals surface area (Å²) in [6, 6.07) is 21.1. The number of hydrogen-bond donors (Lipinski definition) is 2. The van der Waals surface area contributed by atoms with Crippen molar-refractivity contribution in [2.45, 2.75) is 26.7 Å². The highest BCUT2D eigenvalue weighted by molar-refractivity contribution is 5.88. The highest BCUT2D eigenvalue weighted by atomic mass is 14.7. The van der Waals surface area contributed by atoms with Crippen LogP contribution in [0.5, 0.6) is 0 Å². The predicted molar refractivity (Wildman–Crippen MR) is 105 cm³/mol. The standard InChI is InChI=1S/C22H24N2/c1-14(2)16-8-4-5-9-17(16)18-10-6-7-11-19(18)20-13-22(24)21(23)12-15(20)3/h4-14H,23-24H2,1-3H3. The molecule has 3 aromatic carbocycles. The highest BCUT2D eigenvalue weighted by Gasteiger charge is 2.14. The van der Waals surface area contributed by atoms with Gasteiger partial charge in [-0.2, -0.15) is 0 Å². The Morgan fingerprint density at radius 3 is 1.79 bits per heavy atom. The Kier molecular flexibility index (Phi) is 4.30. The Balaban J connectivity index is 2.26. The van der Waals surface area contributed by atoms with Crippen molar-refractivity contribution >= 4 is 11.4 Å². The molecule has 0 bridgehead atoms. The zero-order valence-electron chi connectivity index (χ0n) is 14.5. The van der Waals surface area contributed by atoms with Gasteiger partial charge in [0.15, 0.2) is 0 Å². The molecule has 4 N–H and O–H groups in total. The molecule has 3 rings (SSSR count). The molecule has 0 aromatic heterocycles. The van der Waals surface area contributed by atoms with Crippen molar-refractivity contribution in [3.05, 3.63) is 71.8 Å². The first-order valence-corrected chi connectivity index (χ1v) is 8.33. The van der Waals surface area contributed by atoms with Crippen LogP contribution in [0.3, 0.4) is 0 Å². The van der Waals surface area contributed by atoms with Crippen LogP contribution < -0.4 is 11.5 Å². The van der Waals surface area contributed by atoms with E-state index in [1.54, 1.807) is 0 Å². The fourth-order valence-electron chi connectivity index (χ4n) is 3.24. The van der Waals surface area contributed by atoms with Gasteiger partial charge in [-0.3, -0.25) is 0 Å². The van der Waals surface area contributed by atoms with Gasteiger partial charge < -0.3 is 11.5 Å². The van der Waals surface area contributed by atoms with Crippen LogP contribution in [0.15, 0.2) is 60.7 Å². The smallest absolute Gasteiger partial charge is 0.0554 e. The minimum Gasteiger partial charge on any atom is -0.397 e. The molecule has 0 fully saturated rings. The van der Waals surface area contributed by atoms with Crippen LogP contribution >= 0.6 is 0 Å². The van der Waals surface area contributed by atoms with Crippen molar-refractivity contribution in [3.63, 3.8) is 0 Å². The fraction of sp³-hybridized carbons (Fsp3) is 0.182. The fourth-order valence-corrected chi connectivity index (χ4v) is 3.24. The van der Waals surface area contributed by atoms with E-state index in [4.69, 9.17) is 11.5 Å². The molecule has 24 heavy (non-hydrogen) atoms. The number of rotatable bonds is 3. The van der Waals surface area contributed by atoms with Gasteiger partial charge in [-0.05, 0) is 58.4 Å². The van der Waals surface area contributed by atoms with Crippen LogP contribution in [0.1, 0.15) is 30.9 Å². The van der Waals surface area contributed by atoms with Crippen LogP contribution in [0.2, 0.25) is 0 Å². The van der Waals surface area contributed by atoms with Crippen molar-refractivity contribution in [2.24, 2.45) is 0 Å². The van der Waals surface area contributed by atoms with Gasteiger partial charge in [0, 0.05) is 0 Å². The second kappa shape index (κ2) is 6.40. The maximum atomic E-state index is 6.07. The van der Waals surface area contributed by atoms with E-state index in [0.29, 0.717) is 17.3 Å². The topological polar surface area (TPSA) is 52.0 Å². The molecule has 0 unspecified atom stereocenters. The molecule has 0 aliphatic rings. The van der Waals surface area contributed by atoms with E-state index in [0.717, 1.165) is 11.1 Å². The molecule has 0 aliphatic carbocycles. The Labute approximate surface area is 144 Å². The Morgan fingerprint density at radius 1 is 0.667 bits per heavy atom. The van der Waals surface area contributed by atoms with E-state index in [-0.39, 0.29) is 0 Å². The summed E-state index contributed by atoms with van der Waals surface area (Å²) in [4.78, 5) is 0. The quantitative estimate of drug-likeness (QED) is 0.616. The van der Waals surface area contributed by atoms with Gasteiger partial charge in [0.25, 0.3) is 0 Å². The maximum Gasteiger partial charge on any atom is 0.0554 e. The van der Waals surface area contributed by atoms with E-state index >= 15 is 0 Å². The van der Waals surface area contributed by atoms with Gasteiger partial charge in [0.2, 0.25) is 0 Å². The zero-order valence-corrected chi connectivity index (χ0v) is 14.5. The Morgan fingerprint density at radius 2 is 1.17 bits per heavy atom. The molecule has 0 radical (unpaired) electrons. The molecular formula is C22H24N2. The minimum atomic E-state index is 0.465. The highest BCUT2D eigenvalue weighted by Crippen LogP contribution is 2.38. The van der Waals surface area contributed by atoms with Crippen molar-refractivity contribution in [1.29, 1.82) is 0 Å². The molecule has 0 amide bonds. The van der Waals surface area contributed by atoms with Crippen molar-refractivity contribution in [1.82, 2.24) is 0 Å². The molecule has 2 heteroatoms. The van der Waals surface area contributed by atoms with Crippen molar-refractivity contribution in [3.8, 4) is 22.3 Å². The molecule has 0 atom stereocenters. The van der Waals surface area contributed by atoms with Gasteiger partial charge in [-0.1, -0.05) is 62.4 Å². The molecule has 2 nitrogen and oxygen atoms in total. The summed E-state index contributed by atoms with van der Waals surface area (Å²) in [5.41, 5.74) is 20.6. The lowest BCUT2D eigenvalue weighted by molar-refractivity contribution is 0.869. The van der Waals surface area contributed by atoms with Crippen LogP contribution in [0.25, 0.3) is 22.3 Å². The van der Waals surface area contributed by atoms with Gasteiger partial charge in [-0.15, -0.1) is 0 Å². The average molecular weight is 316 g/mol. The second-order valence-electron chi connectivity index (χ2n) is 6.58. The first kappa shape index (κ1) is 16.1. The van der Waals surface area contributed by atoms with Crippen molar-refractivity contribution in [2.75, 3.05) is 11.5 Å². The molecule has 3 aromatic rings. The number of aryl methyl sites for hydroxylation is 1. The normalized spacial score (nSPS) is 11.0. The van der Waals surface area contributed by atoms with Gasteiger partial charge >= 0.3 is 0 Å². The summed E-state index contributed by atoms with van der Waals surface area (Å²) in [6.45, 7) is 6.54. The molecule has 0 saturated heterocycles. The summed E-state index contributed by atoms with van der Waals surface area (Å²) < 4.78 is 0. The van der Waals surface area contributed by atoms with Crippen LogP contribution in [-0.2, 0) is 0 Å². The summed E-state index contributed by atoms with van der Waals surface area (Å²) in [6.07, 6.45) is 0. The number of hydrogen-bond acceptors (Lipinski definition) is 2. The third-order valence-corrected chi connectivity index (χ3v) is 4.52. The SMILES string of the molecule is Cc1cc(N)c(N)cc1-c1ccccc1-c1ccccc1C(C)C. The van der Waals surface area contributed by atoms with Gasteiger partial charge in [0.05, 0.1) is 11.4 Å². The van der Waals surface area contributed by atoms with E-state index in [9.17, 15) is 0 Å². The van der Waals surface area contributed by atoms with Gasteiger partial charge in [-0.25, -0.2) is 0 Å². The van der Waals surface area contributed by atoms with Crippen LogP contribution in [0, 0.1) is 6.92 Å². The first-order chi connectivity index (χ1) is 11.5. The lowest BCUT2D eigenvalue weighted by Gasteiger charge is -2.18. The molecule has 0 aliphatic heterocycles. The summed E-state index contributed by atoms with van der Waals surface area (Å²) in [7, 11) is 0. The van der Waals surface area contributed by atoms with E-state index < -0.39 is 0 Å². The van der Waals surface area contributed by atoms with Gasteiger partial charge in [0.1, 0.15) is 0 Å². The average Bonchev–Trinajstić information content (AvgIpc) is 2.58. The largest absolute Gasteiger partial charge is 0.397 e. The summed E-state index contributed by atoms with van der Waals surface area (Å²) in [5.74, 6) is 0.465. The first-order valence-electron chi connectivity index (χ1n) is 8.33. The molecular weight excluding hydrogens is 292 g/mol. The van der Waals surface area contributed by atoms with Crippen molar-refractivity contribution < 1.29 is 0 Å². The second-order valence-corrected chi connectivity index (χ2v) is 6.58. The molecule has 0 spiro atoms. The summed E-state index contributed by atoms with van der Waals surface area (Å²) >= 11 is 0. The number of benzene rings is 3. The third kappa shape index (κ3) is 2.88. The van der Waals surface area contributed by atoms with E-state index in [1.165, 1.54) is 22.3 Å². The molecule has 122 valence electrons. The number of nitrogen functional groups attached to an aromatic ring is 2. The molecule has 0 saturated carbocycles. The monoisotopic (exact) mass is 316 g/mol. The third-order valence-electron chi connectivity index (χ3n) is 4.52. The van der Waals surface area contributed by atoms with E-state index in [1.807, 2.05) is 12.1 Å². The number of anilines is 2. The lowest BCUT2D eigenvalue weighted by Crippen LogP contribution is -1.98. The minimum absolute atomic E-state index is 0.465. The van der Waals surface area contributed by atoms with E-state index in [2.05, 4.69) is 69.3 Å². The molecule has 0 heterocycles. The zero-order chi connectivity index (χ0) is 17.3. The Hall–Kier alpha value is -2.74. The van der Waals surface area contributed by atoms with Crippen LogP contribution in [-0.4, -0.2) is 0 Å². The number of nitrogens with two attached hydrogens (primary N) is 2.